The summed E-state index contributed by atoms with van der Waals surface area (Å²) in [4.78, 5) is 15.8. The third-order valence-corrected chi connectivity index (χ3v) is 3.56. The van der Waals surface area contributed by atoms with Gasteiger partial charge in [0.2, 0.25) is 0 Å². The van der Waals surface area contributed by atoms with Crippen molar-refractivity contribution in [2.45, 2.75) is 32.2 Å². The number of carbonyl (C=O) groups is 1. The van der Waals surface area contributed by atoms with Crippen molar-refractivity contribution in [3.63, 3.8) is 0 Å². The minimum Gasteiger partial charge on any atom is -0.349 e. The Hall–Kier alpha value is -1.09. The second kappa shape index (κ2) is 4.83. The van der Waals surface area contributed by atoms with Gasteiger partial charge >= 0.3 is 0 Å². The Balaban J connectivity index is 2.00. The number of nitrogens with one attached hydrogen (secondary N) is 1. The Labute approximate surface area is 100 Å². The first-order valence-electron chi connectivity index (χ1n) is 5.59. The summed E-state index contributed by atoms with van der Waals surface area (Å²) >= 11 is 5.93. The van der Waals surface area contributed by atoms with E-state index in [9.17, 15) is 4.79 Å². The van der Waals surface area contributed by atoms with Crippen LogP contribution in [0.1, 0.15) is 36.5 Å². The van der Waals surface area contributed by atoms with Crippen LogP contribution in [-0.2, 0) is 0 Å². The molecule has 0 aliphatic heterocycles. The molecule has 0 saturated heterocycles. The zero-order valence-electron chi connectivity index (χ0n) is 9.24. The fourth-order valence-corrected chi connectivity index (χ4v) is 2.08. The monoisotopic (exact) mass is 238 g/mol. The highest BCUT2D eigenvalue weighted by Crippen LogP contribution is 2.29. The van der Waals surface area contributed by atoms with E-state index in [-0.39, 0.29) is 11.9 Å². The predicted octanol–water partition coefficient (Wildman–Crippen LogP) is 2.65. The Bertz CT molecular complexity index is 390. The molecule has 0 spiro atoms. The first kappa shape index (κ1) is 11.4. The van der Waals surface area contributed by atoms with Crippen molar-refractivity contribution in [2.75, 3.05) is 0 Å². The van der Waals surface area contributed by atoms with Crippen molar-refractivity contribution in [2.24, 2.45) is 5.92 Å². The highest BCUT2D eigenvalue weighted by atomic mass is 35.5. The van der Waals surface area contributed by atoms with Crippen LogP contribution in [0.15, 0.2) is 18.5 Å². The smallest absolute Gasteiger partial charge is 0.254 e. The zero-order chi connectivity index (χ0) is 11.5. The number of pyridine rings is 1. The van der Waals surface area contributed by atoms with Crippen molar-refractivity contribution in [3.8, 4) is 0 Å². The average Bonchev–Trinajstić information content (AvgIpc) is 2.15. The van der Waals surface area contributed by atoms with Gasteiger partial charge in [0.1, 0.15) is 0 Å². The first-order valence-corrected chi connectivity index (χ1v) is 5.96. The number of hydrogen-bond acceptors (Lipinski definition) is 2. The molecule has 1 unspecified atom stereocenters. The summed E-state index contributed by atoms with van der Waals surface area (Å²) in [7, 11) is 0. The number of carbonyl (C=O) groups excluding carboxylic acids is 1. The van der Waals surface area contributed by atoms with E-state index >= 15 is 0 Å². The topological polar surface area (TPSA) is 42.0 Å². The Morgan fingerprint density at radius 3 is 2.94 bits per heavy atom. The summed E-state index contributed by atoms with van der Waals surface area (Å²) in [6.07, 6.45) is 6.78. The lowest BCUT2D eigenvalue weighted by molar-refractivity contribution is 0.0909. The van der Waals surface area contributed by atoms with Gasteiger partial charge in [0.15, 0.2) is 0 Å². The van der Waals surface area contributed by atoms with Gasteiger partial charge in [-0.2, -0.15) is 0 Å². The number of rotatable bonds is 3. The highest BCUT2D eigenvalue weighted by Gasteiger charge is 2.25. The summed E-state index contributed by atoms with van der Waals surface area (Å²) < 4.78 is 0. The quantitative estimate of drug-likeness (QED) is 0.880. The molecule has 0 aromatic carbocycles. The van der Waals surface area contributed by atoms with E-state index < -0.39 is 0 Å². The third-order valence-electron chi connectivity index (χ3n) is 3.23. The summed E-state index contributed by atoms with van der Waals surface area (Å²) in [5.74, 6) is 0.497. The van der Waals surface area contributed by atoms with Crippen LogP contribution in [0.5, 0.6) is 0 Å². The maximum Gasteiger partial charge on any atom is 0.254 e. The lowest BCUT2D eigenvalue weighted by Gasteiger charge is -2.31. The first-order chi connectivity index (χ1) is 7.68. The molecule has 4 heteroatoms. The molecule has 2 rings (SSSR count). The molecule has 1 aliphatic rings. The predicted molar refractivity (Wildman–Crippen MR) is 63.5 cm³/mol. The van der Waals surface area contributed by atoms with Gasteiger partial charge in [-0.15, -0.1) is 0 Å². The standard InChI is InChI=1S/C12H15ClN2O/c1-8(9-3-2-4-9)15-12(16)10-7-14-6-5-11(10)13/h5-9H,2-4H2,1H3,(H,15,16). The second-order valence-electron chi connectivity index (χ2n) is 4.31. The van der Waals surface area contributed by atoms with Crippen molar-refractivity contribution < 1.29 is 4.79 Å². The molecule has 16 heavy (non-hydrogen) atoms. The van der Waals surface area contributed by atoms with Crippen molar-refractivity contribution >= 4 is 17.5 Å². The second-order valence-corrected chi connectivity index (χ2v) is 4.72. The van der Waals surface area contributed by atoms with Gasteiger partial charge in [-0.3, -0.25) is 9.78 Å². The molecule has 1 N–H and O–H groups in total. The van der Waals surface area contributed by atoms with E-state index in [1.54, 1.807) is 12.3 Å². The van der Waals surface area contributed by atoms with E-state index in [0.717, 1.165) is 0 Å². The van der Waals surface area contributed by atoms with Gasteiger partial charge in [-0.1, -0.05) is 18.0 Å². The number of hydrogen-bond donors (Lipinski definition) is 1. The van der Waals surface area contributed by atoms with E-state index in [4.69, 9.17) is 11.6 Å². The van der Waals surface area contributed by atoms with Crippen LogP contribution < -0.4 is 5.32 Å². The molecule has 1 amide bonds. The van der Waals surface area contributed by atoms with Gasteiger partial charge < -0.3 is 5.32 Å². The van der Waals surface area contributed by atoms with Gasteiger partial charge in [0, 0.05) is 18.4 Å². The zero-order valence-corrected chi connectivity index (χ0v) is 10.00. The molecule has 1 saturated carbocycles. The molecule has 0 bridgehead atoms. The van der Waals surface area contributed by atoms with E-state index in [2.05, 4.69) is 10.3 Å². The Morgan fingerprint density at radius 1 is 1.62 bits per heavy atom. The molecule has 1 atom stereocenters. The van der Waals surface area contributed by atoms with Gasteiger partial charge in [0.25, 0.3) is 5.91 Å². The maximum absolute atomic E-state index is 11.9. The third kappa shape index (κ3) is 2.35. The van der Waals surface area contributed by atoms with Crippen molar-refractivity contribution in [1.82, 2.24) is 10.3 Å². The lowest BCUT2D eigenvalue weighted by atomic mass is 9.80. The van der Waals surface area contributed by atoms with Crippen molar-refractivity contribution in [3.05, 3.63) is 29.0 Å². The van der Waals surface area contributed by atoms with Gasteiger partial charge in [-0.25, -0.2) is 0 Å². The molecule has 1 heterocycles. The van der Waals surface area contributed by atoms with Crippen molar-refractivity contribution in [1.29, 1.82) is 0 Å². The van der Waals surface area contributed by atoms with Crippen LogP contribution in [0.2, 0.25) is 5.02 Å². The number of amides is 1. The maximum atomic E-state index is 11.9. The summed E-state index contributed by atoms with van der Waals surface area (Å²) in [5, 5.41) is 3.43. The number of halogens is 1. The molecule has 3 nitrogen and oxygen atoms in total. The SMILES string of the molecule is CC(NC(=O)c1cnccc1Cl)C1CCC1. The summed E-state index contributed by atoms with van der Waals surface area (Å²) in [6.45, 7) is 2.05. The Kier molecular flexibility index (Phi) is 3.44. The summed E-state index contributed by atoms with van der Waals surface area (Å²) in [5.41, 5.74) is 0.454. The minimum atomic E-state index is -0.127. The van der Waals surface area contributed by atoms with Gasteiger partial charge in [0.05, 0.1) is 10.6 Å². The average molecular weight is 239 g/mol. The van der Waals surface area contributed by atoms with Gasteiger partial charge in [-0.05, 0) is 31.7 Å². The fraction of sp³-hybridized carbons (Fsp3) is 0.500. The molecule has 0 radical (unpaired) electrons. The van der Waals surface area contributed by atoms with Crippen LogP contribution in [-0.4, -0.2) is 16.9 Å². The number of aromatic nitrogens is 1. The molecule has 1 aliphatic carbocycles. The van der Waals surface area contributed by atoms with Crippen LogP contribution in [0.4, 0.5) is 0 Å². The lowest BCUT2D eigenvalue weighted by Crippen LogP contribution is -2.40. The molecule has 1 aromatic heterocycles. The van der Waals surface area contributed by atoms with E-state index in [0.29, 0.717) is 16.5 Å². The highest BCUT2D eigenvalue weighted by molar-refractivity contribution is 6.33. The normalized spacial score (nSPS) is 17.6. The molecule has 1 fully saturated rings. The fourth-order valence-electron chi connectivity index (χ4n) is 1.89. The van der Waals surface area contributed by atoms with E-state index in [1.807, 2.05) is 6.92 Å². The van der Waals surface area contributed by atoms with Crippen LogP contribution >= 0.6 is 11.6 Å². The number of nitrogens with zero attached hydrogens (tertiary/aromatic N) is 1. The van der Waals surface area contributed by atoms with Crippen LogP contribution in [0, 0.1) is 5.92 Å². The van der Waals surface area contributed by atoms with E-state index in [1.165, 1.54) is 25.5 Å². The Morgan fingerprint density at radius 2 is 2.38 bits per heavy atom. The summed E-state index contributed by atoms with van der Waals surface area (Å²) in [6, 6.07) is 1.85. The van der Waals surface area contributed by atoms with Crippen LogP contribution in [0.3, 0.4) is 0 Å². The largest absolute Gasteiger partial charge is 0.349 e. The molecular formula is C12H15ClN2O. The molecular weight excluding hydrogens is 224 g/mol. The molecule has 1 aromatic rings. The molecule has 86 valence electrons. The minimum absolute atomic E-state index is 0.127. The van der Waals surface area contributed by atoms with Crippen LogP contribution in [0.25, 0.3) is 0 Å².